The summed E-state index contributed by atoms with van der Waals surface area (Å²) in [6.45, 7) is 1.64. The molecule has 6 heteroatoms. The second-order valence-electron chi connectivity index (χ2n) is 4.76. The molecule has 0 saturated carbocycles. The first-order chi connectivity index (χ1) is 11.0. The Kier molecular flexibility index (Phi) is 5.19. The maximum Gasteiger partial charge on any atom is 0.386 e. The summed E-state index contributed by atoms with van der Waals surface area (Å²) in [5.41, 5.74) is 1.10. The zero-order valence-corrected chi connectivity index (χ0v) is 12.5. The van der Waals surface area contributed by atoms with Gasteiger partial charge in [-0.25, -0.2) is 4.79 Å². The Morgan fingerprint density at radius 1 is 1.04 bits per heavy atom. The van der Waals surface area contributed by atoms with Gasteiger partial charge in [-0.1, -0.05) is 54.6 Å². The first-order valence-electron chi connectivity index (χ1n) is 7.04. The number of carbonyl (C=O) groups is 2. The van der Waals surface area contributed by atoms with Crippen LogP contribution in [-0.4, -0.2) is 23.3 Å². The Bertz CT molecular complexity index is 710. The molecule has 2 aromatic rings. The number of hydrogen-bond donors (Lipinski definition) is 0. The Morgan fingerprint density at radius 3 is 2.13 bits per heavy atom. The highest BCUT2D eigenvalue weighted by molar-refractivity contribution is 6.08. The van der Waals surface area contributed by atoms with Crippen LogP contribution in [0.25, 0.3) is 0 Å². The van der Waals surface area contributed by atoms with Crippen LogP contribution in [-0.2, 0) is 9.53 Å². The molecule has 0 heterocycles. The van der Waals surface area contributed by atoms with Gasteiger partial charge in [-0.05, 0) is 6.92 Å². The van der Waals surface area contributed by atoms with Crippen LogP contribution in [0.4, 0.5) is 0 Å². The molecule has 23 heavy (non-hydrogen) atoms. The molecule has 0 aliphatic rings. The normalized spacial score (nSPS) is 11.5. The van der Waals surface area contributed by atoms with Crippen molar-refractivity contribution in [3.63, 3.8) is 0 Å². The van der Waals surface area contributed by atoms with Gasteiger partial charge in [0.2, 0.25) is 0 Å². The van der Waals surface area contributed by atoms with Gasteiger partial charge in [-0.15, -0.1) is 0 Å². The molecule has 0 N–H and O–H groups in total. The summed E-state index contributed by atoms with van der Waals surface area (Å²) in [5.74, 6) is -1.11. The molecule has 1 unspecified atom stereocenters. The molecule has 0 aliphatic heterocycles. The maximum absolute atomic E-state index is 12.3. The SMILES string of the molecule is CCOC(=O)C(c1ccc(C(=O)c2ccccc2)cc1)[N+](=O)[O-]. The number of carbonyl (C=O) groups excluding carboxylic acids is 2. The fraction of sp³-hybridized carbons (Fsp3) is 0.176. The summed E-state index contributed by atoms with van der Waals surface area (Å²) < 4.78 is 4.72. The topological polar surface area (TPSA) is 86.5 Å². The van der Waals surface area contributed by atoms with E-state index in [0.717, 1.165) is 0 Å². The summed E-state index contributed by atoms with van der Waals surface area (Å²) in [7, 11) is 0. The van der Waals surface area contributed by atoms with Gasteiger partial charge in [0.25, 0.3) is 0 Å². The molecular formula is C17H15NO5. The molecule has 2 rings (SSSR count). The fourth-order valence-electron chi connectivity index (χ4n) is 2.14. The van der Waals surface area contributed by atoms with E-state index in [1.54, 1.807) is 37.3 Å². The van der Waals surface area contributed by atoms with Crippen LogP contribution in [0.2, 0.25) is 0 Å². The molecule has 0 saturated heterocycles. The van der Waals surface area contributed by atoms with Crippen molar-refractivity contribution in [3.8, 4) is 0 Å². The zero-order chi connectivity index (χ0) is 16.8. The predicted octanol–water partition coefficient (Wildman–Crippen LogP) is 2.80. The largest absolute Gasteiger partial charge is 0.461 e. The molecule has 0 aromatic heterocycles. The van der Waals surface area contributed by atoms with Gasteiger partial charge in [0.15, 0.2) is 5.78 Å². The molecule has 0 bridgehead atoms. The van der Waals surface area contributed by atoms with Gasteiger partial charge >= 0.3 is 12.0 Å². The van der Waals surface area contributed by atoms with Crippen molar-refractivity contribution in [1.29, 1.82) is 0 Å². The molecule has 0 spiro atoms. The van der Waals surface area contributed by atoms with Crippen LogP contribution in [0.1, 0.15) is 34.5 Å². The zero-order valence-electron chi connectivity index (χ0n) is 12.5. The number of hydrogen-bond acceptors (Lipinski definition) is 5. The first kappa shape index (κ1) is 16.4. The highest BCUT2D eigenvalue weighted by atomic mass is 16.6. The van der Waals surface area contributed by atoms with Crippen LogP contribution in [0, 0.1) is 10.1 Å². The molecule has 0 radical (unpaired) electrons. The number of nitrogens with zero attached hydrogens (tertiary/aromatic N) is 1. The lowest BCUT2D eigenvalue weighted by Crippen LogP contribution is -2.23. The monoisotopic (exact) mass is 313 g/mol. The van der Waals surface area contributed by atoms with Crippen molar-refractivity contribution in [1.82, 2.24) is 0 Å². The minimum Gasteiger partial charge on any atom is -0.461 e. The summed E-state index contributed by atoms with van der Waals surface area (Å²) in [6, 6.07) is 12.9. The van der Waals surface area contributed by atoms with Gasteiger partial charge in [0, 0.05) is 21.6 Å². The van der Waals surface area contributed by atoms with E-state index >= 15 is 0 Å². The summed E-state index contributed by atoms with van der Waals surface area (Å²) in [4.78, 5) is 34.4. The summed E-state index contributed by atoms with van der Waals surface area (Å²) >= 11 is 0. The van der Waals surface area contributed by atoms with Crippen molar-refractivity contribution in [3.05, 3.63) is 81.4 Å². The molecular weight excluding hydrogens is 298 g/mol. The number of ether oxygens (including phenoxy) is 1. The smallest absolute Gasteiger partial charge is 0.386 e. The average molecular weight is 313 g/mol. The molecule has 0 aliphatic carbocycles. The second kappa shape index (κ2) is 7.31. The van der Waals surface area contributed by atoms with E-state index in [9.17, 15) is 19.7 Å². The Morgan fingerprint density at radius 2 is 1.61 bits per heavy atom. The number of ketones is 1. The van der Waals surface area contributed by atoms with Crippen LogP contribution in [0.15, 0.2) is 54.6 Å². The Balaban J connectivity index is 2.26. The highest BCUT2D eigenvalue weighted by Crippen LogP contribution is 2.20. The fourth-order valence-corrected chi connectivity index (χ4v) is 2.14. The minimum atomic E-state index is -1.59. The van der Waals surface area contributed by atoms with Crippen LogP contribution >= 0.6 is 0 Å². The van der Waals surface area contributed by atoms with E-state index in [-0.39, 0.29) is 18.0 Å². The lowest BCUT2D eigenvalue weighted by Gasteiger charge is -2.09. The molecule has 0 fully saturated rings. The molecule has 118 valence electrons. The van der Waals surface area contributed by atoms with Gasteiger partial charge in [-0.3, -0.25) is 14.9 Å². The van der Waals surface area contributed by atoms with E-state index < -0.39 is 16.9 Å². The molecule has 1 atom stereocenters. The van der Waals surface area contributed by atoms with E-state index in [0.29, 0.717) is 11.1 Å². The van der Waals surface area contributed by atoms with Gasteiger partial charge in [-0.2, -0.15) is 0 Å². The van der Waals surface area contributed by atoms with Crippen LogP contribution < -0.4 is 0 Å². The number of nitro groups is 1. The van der Waals surface area contributed by atoms with Crippen molar-refractivity contribution in [2.75, 3.05) is 6.61 Å². The third-order valence-electron chi connectivity index (χ3n) is 3.25. The third kappa shape index (κ3) is 3.79. The first-order valence-corrected chi connectivity index (χ1v) is 7.04. The van der Waals surface area contributed by atoms with Gasteiger partial charge < -0.3 is 4.74 Å². The van der Waals surface area contributed by atoms with E-state index in [1.165, 1.54) is 24.3 Å². The Labute approximate surface area is 132 Å². The van der Waals surface area contributed by atoms with Crippen molar-refractivity contribution >= 4 is 11.8 Å². The van der Waals surface area contributed by atoms with Crippen molar-refractivity contribution < 1.29 is 19.2 Å². The van der Waals surface area contributed by atoms with Crippen molar-refractivity contribution in [2.45, 2.75) is 13.0 Å². The van der Waals surface area contributed by atoms with Crippen LogP contribution in [0.3, 0.4) is 0 Å². The lowest BCUT2D eigenvalue weighted by molar-refractivity contribution is -0.516. The maximum atomic E-state index is 12.3. The third-order valence-corrected chi connectivity index (χ3v) is 3.25. The highest BCUT2D eigenvalue weighted by Gasteiger charge is 2.33. The summed E-state index contributed by atoms with van der Waals surface area (Å²) in [5, 5.41) is 11.1. The minimum absolute atomic E-state index is 0.0632. The Hall–Kier alpha value is -3.02. The summed E-state index contributed by atoms with van der Waals surface area (Å²) in [6.07, 6.45) is 0. The molecule has 0 amide bonds. The van der Waals surface area contributed by atoms with Crippen LogP contribution in [0.5, 0.6) is 0 Å². The van der Waals surface area contributed by atoms with Crippen molar-refractivity contribution in [2.24, 2.45) is 0 Å². The van der Waals surface area contributed by atoms with E-state index in [4.69, 9.17) is 4.74 Å². The predicted molar refractivity (Wildman–Crippen MR) is 82.7 cm³/mol. The average Bonchev–Trinajstić information content (AvgIpc) is 2.56. The van der Waals surface area contributed by atoms with E-state index in [2.05, 4.69) is 0 Å². The number of esters is 1. The standard InChI is InChI=1S/C17H15NO5/c1-2-23-17(20)15(18(21)22)12-8-10-14(11-9-12)16(19)13-6-4-3-5-7-13/h3-11,15H,2H2,1H3. The van der Waals surface area contributed by atoms with E-state index in [1.807, 2.05) is 0 Å². The number of rotatable bonds is 6. The lowest BCUT2D eigenvalue weighted by atomic mass is 10.00. The van der Waals surface area contributed by atoms with Gasteiger partial charge in [0.1, 0.15) is 0 Å². The second-order valence-corrected chi connectivity index (χ2v) is 4.76. The number of benzene rings is 2. The quantitative estimate of drug-likeness (QED) is 0.354. The molecule has 6 nitrogen and oxygen atoms in total. The molecule has 2 aromatic carbocycles. The van der Waals surface area contributed by atoms with Gasteiger partial charge in [0.05, 0.1) is 6.61 Å².